The molecule has 20 heavy (non-hydrogen) atoms. The highest BCUT2D eigenvalue weighted by molar-refractivity contribution is 5.94. The standard InChI is InChI=1S/C16H24N4/c17-16(18)15-14(6-3-8-19-15)11-20-9-7-12-4-1-2-5-13(12)10-20/h3,6,8,12-13H,1-2,4-5,7,9-11H2,(H3,17,18). The molecule has 1 saturated heterocycles. The predicted molar refractivity (Wildman–Crippen MR) is 80.6 cm³/mol. The maximum atomic E-state index is 7.64. The topological polar surface area (TPSA) is 66.0 Å². The molecule has 4 heteroatoms. The molecule has 0 radical (unpaired) electrons. The van der Waals surface area contributed by atoms with E-state index < -0.39 is 0 Å². The zero-order valence-electron chi connectivity index (χ0n) is 12.0. The van der Waals surface area contributed by atoms with Gasteiger partial charge in [0.25, 0.3) is 0 Å². The predicted octanol–water partition coefficient (Wildman–Crippen LogP) is 2.38. The van der Waals surface area contributed by atoms with Gasteiger partial charge in [-0.15, -0.1) is 0 Å². The minimum absolute atomic E-state index is 0.0770. The van der Waals surface area contributed by atoms with Gasteiger partial charge in [-0.2, -0.15) is 0 Å². The minimum atomic E-state index is 0.0770. The van der Waals surface area contributed by atoms with Crippen molar-refractivity contribution in [3.8, 4) is 0 Å². The number of nitrogen functional groups attached to an aromatic ring is 1. The lowest BCUT2D eigenvalue weighted by atomic mass is 9.75. The van der Waals surface area contributed by atoms with E-state index in [-0.39, 0.29) is 5.84 Å². The SMILES string of the molecule is N=C(N)c1ncccc1CN1CCC2CCCCC2C1. The van der Waals surface area contributed by atoms with Gasteiger partial charge < -0.3 is 5.73 Å². The van der Waals surface area contributed by atoms with Crippen LogP contribution in [0.5, 0.6) is 0 Å². The number of hydrogen-bond donors (Lipinski definition) is 2. The van der Waals surface area contributed by atoms with E-state index in [9.17, 15) is 0 Å². The fraction of sp³-hybridized carbons (Fsp3) is 0.625. The van der Waals surface area contributed by atoms with Gasteiger partial charge in [-0.05, 0) is 42.9 Å². The van der Waals surface area contributed by atoms with Crippen LogP contribution in [0.2, 0.25) is 0 Å². The summed E-state index contributed by atoms with van der Waals surface area (Å²) in [6.07, 6.45) is 8.71. The van der Waals surface area contributed by atoms with Crippen molar-refractivity contribution in [2.75, 3.05) is 13.1 Å². The van der Waals surface area contributed by atoms with Crippen molar-refractivity contribution >= 4 is 5.84 Å². The van der Waals surface area contributed by atoms with E-state index in [1.807, 2.05) is 6.07 Å². The Balaban J connectivity index is 1.68. The van der Waals surface area contributed by atoms with Gasteiger partial charge in [-0.25, -0.2) is 0 Å². The van der Waals surface area contributed by atoms with Gasteiger partial charge in [-0.1, -0.05) is 25.3 Å². The molecule has 3 rings (SSSR count). The Bertz CT molecular complexity index is 485. The number of hydrogen-bond acceptors (Lipinski definition) is 3. The monoisotopic (exact) mass is 272 g/mol. The number of nitrogens with zero attached hydrogens (tertiary/aromatic N) is 2. The van der Waals surface area contributed by atoms with Crippen LogP contribution in [0.3, 0.4) is 0 Å². The molecule has 0 spiro atoms. The van der Waals surface area contributed by atoms with E-state index in [0.717, 1.165) is 23.9 Å². The number of aromatic nitrogens is 1. The van der Waals surface area contributed by atoms with E-state index in [2.05, 4.69) is 16.0 Å². The molecular weight excluding hydrogens is 248 g/mol. The Morgan fingerprint density at radius 3 is 2.90 bits per heavy atom. The quantitative estimate of drug-likeness (QED) is 0.656. The van der Waals surface area contributed by atoms with Crippen LogP contribution in [0.15, 0.2) is 18.3 Å². The fourth-order valence-corrected chi connectivity index (χ4v) is 3.87. The number of fused-ring (bicyclic) bond motifs is 1. The smallest absolute Gasteiger partial charge is 0.142 e. The van der Waals surface area contributed by atoms with Crippen molar-refractivity contribution in [3.63, 3.8) is 0 Å². The molecule has 2 unspecified atom stereocenters. The van der Waals surface area contributed by atoms with E-state index >= 15 is 0 Å². The first-order valence-corrected chi connectivity index (χ1v) is 7.74. The first-order chi connectivity index (χ1) is 9.74. The van der Waals surface area contributed by atoms with Crippen LogP contribution < -0.4 is 5.73 Å². The molecule has 2 fully saturated rings. The lowest BCUT2D eigenvalue weighted by Gasteiger charge is -2.41. The summed E-state index contributed by atoms with van der Waals surface area (Å²) in [7, 11) is 0. The summed E-state index contributed by atoms with van der Waals surface area (Å²) in [5.41, 5.74) is 7.37. The van der Waals surface area contributed by atoms with Crippen LogP contribution in [-0.4, -0.2) is 28.8 Å². The molecule has 2 heterocycles. The lowest BCUT2D eigenvalue weighted by molar-refractivity contribution is 0.0819. The van der Waals surface area contributed by atoms with E-state index in [4.69, 9.17) is 11.1 Å². The van der Waals surface area contributed by atoms with Crippen LogP contribution >= 0.6 is 0 Å². The molecule has 3 N–H and O–H groups in total. The Hall–Kier alpha value is -1.42. The summed E-state index contributed by atoms with van der Waals surface area (Å²) in [6, 6.07) is 3.99. The summed E-state index contributed by atoms with van der Waals surface area (Å²) in [4.78, 5) is 6.77. The van der Waals surface area contributed by atoms with E-state index in [1.54, 1.807) is 6.20 Å². The highest BCUT2D eigenvalue weighted by atomic mass is 15.1. The minimum Gasteiger partial charge on any atom is -0.382 e. The molecule has 0 bridgehead atoms. The summed E-state index contributed by atoms with van der Waals surface area (Å²) < 4.78 is 0. The lowest BCUT2D eigenvalue weighted by Crippen LogP contribution is -2.41. The van der Waals surface area contributed by atoms with Gasteiger partial charge in [0.1, 0.15) is 11.5 Å². The molecule has 1 aliphatic carbocycles. The second-order valence-corrected chi connectivity index (χ2v) is 6.25. The summed E-state index contributed by atoms with van der Waals surface area (Å²) >= 11 is 0. The van der Waals surface area contributed by atoms with Gasteiger partial charge in [0.2, 0.25) is 0 Å². The number of nitrogens with one attached hydrogen (secondary N) is 1. The number of rotatable bonds is 3. The molecule has 4 nitrogen and oxygen atoms in total. The van der Waals surface area contributed by atoms with Crippen LogP contribution in [0.25, 0.3) is 0 Å². The molecule has 1 aromatic rings. The zero-order valence-corrected chi connectivity index (χ0v) is 12.0. The molecule has 1 aromatic heterocycles. The third-order valence-electron chi connectivity index (χ3n) is 4.92. The maximum absolute atomic E-state index is 7.64. The van der Waals surface area contributed by atoms with Crippen molar-refractivity contribution in [2.24, 2.45) is 17.6 Å². The van der Waals surface area contributed by atoms with Crippen molar-refractivity contribution in [3.05, 3.63) is 29.6 Å². The largest absolute Gasteiger partial charge is 0.382 e. The third-order valence-corrected chi connectivity index (χ3v) is 4.92. The normalized spacial score (nSPS) is 27.0. The number of likely N-dealkylation sites (tertiary alicyclic amines) is 1. The van der Waals surface area contributed by atoms with Gasteiger partial charge in [0.05, 0.1) is 0 Å². The average Bonchev–Trinajstić information content (AvgIpc) is 2.47. The first kappa shape index (κ1) is 13.6. The molecule has 0 aromatic carbocycles. The average molecular weight is 272 g/mol. The van der Waals surface area contributed by atoms with Crippen molar-refractivity contribution < 1.29 is 0 Å². The Morgan fingerprint density at radius 1 is 1.30 bits per heavy atom. The van der Waals surface area contributed by atoms with Crippen LogP contribution in [-0.2, 0) is 6.54 Å². The summed E-state index contributed by atoms with van der Waals surface area (Å²) in [5, 5.41) is 7.64. The molecule has 1 saturated carbocycles. The van der Waals surface area contributed by atoms with Gasteiger partial charge in [0, 0.05) is 19.3 Å². The molecule has 2 aliphatic rings. The van der Waals surface area contributed by atoms with Gasteiger partial charge in [0.15, 0.2) is 0 Å². The Kier molecular flexibility index (Phi) is 4.01. The van der Waals surface area contributed by atoms with Crippen molar-refractivity contribution in [1.29, 1.82) is 5.41 Å². The highest BCUT2D eigenvalue weighted by Crippen LogP contribution is 2.36. The fourth-order valence-electron chi connectivity index (χ4n) is 3.87. The maximum Gasteiger partial charge on any atom is 0.142 e. The second kappa shape index (κ2) is 5.92. The van der Waals surface area contributed by atoms with Gasteiger partial charge in [-0.3, -0.25) is 15.3 Å². The zero-order chi connectivity index (χ0) is 13.9. The van der Waals surface area contributed by atoms with Crippen LogP contribution in [0, 0.1) is 17.2 Å². The van der Waals surface area contributed by atoms with Gasteiger partial charge >= 0.3 is 0 Å². The van der Waals surface area contributed by atoms with Crippen molar-refractivity contribution in [1.82, 2.24) is 9.88 Å². The van der Waals surface area contributed by atoms with E-state index in [1.165, 1.54) is 45.2 Å². The molecule has 108 valence electrons. The van der Waals surface area contributed by atoms with Crippen LogP contribution in [0.1, 0.15) is 43.4 Å². The number of amidine groups is 1. The Morgan fingerprint density at radius 2 is 2.10 bits per heavy atom. The molecule has 0 amide bonds. The third kappa shape index (κ3) is 2.85. The molecular formula is C16H24N4. The molecule has 2 atom stereocenters. The van der Waals surface area contributed by atoms with Crippen LogP contribution in [0.4, 0.5) is 0 Å². The number of piperidine rings is 1. The number of nitrogens with two attached hydrogens (primary N) is 1. The van der Waals surface area contributed by atoms with Crippen molar-refractivity contribution in [2.45, 2.75) is 38.6 Å². The van der Waals surface area contributed by atoms with E-state index in [0.29, 0.717) is 5.69 Å². The molecule has 1 aliphatic heterocycles. The Labute approximate surface area is 120 Å². The first-order valence-electron chi connectivity index (χ1n) is 7.74. The summed E-state index contributed by atoms with van der Waals surface area (Å²) in [6.45, 7) is 3.26. The highest BCUT2D eigenvalue weighted by Gasteiger charge is 2.31. The number of pyridine rings is 1. The second-order valence-electron chi connectivity index (χ2n) is 6.25. The summed E-state index contributed by atoms with van der Waals surface area (Å²) in [5.74, 6) is 1.92.